The summed E-state index contributed by atoms with van der Waals surface area (Å²) in [6.45, 7) is 6.25. The highest BCUT2D eigenvalue weighted by molar-refractivity contribution is 7.89. The maximum absolute atomic E-state index is 14.2. The Labute approximate surface area is 167 Å². The van der Waals surface area contributed by atoms with Crippen LogP contribution >= 0.6 is 11.6 Å². The first-order chi connectivity index (χ1) is 12.8. The SMILES string of the molecule is CC(C)S(=O)(=O)N1CCC(C2CCCCN2Cc2ccc(Cl)cc2F)CC1. The van der Waals surface area contributed by atoms with E-state index in [4.69, 9.17) is 11.6 Å². The quantitative estimate of drug-likeness (QED) is 0.719. The number of piperidine rings is 2. The number of likely N-dealkylation sites (tertiary alicyclic amines) is 1. The molecular formula is C20H30ClFN2O2S. The van der Waals surface area contributed by atoms with Gasteiger partial charge in [0.1, 0.15) is 5.82 Å². The van der Waals surface area contributed by atoms with Crippen LogP contribution in [-0.4, -0.2) is 48.5 Å². The highest BCUT2D eigenvalue weighted by Crippen LogP contribution is 2.33. The number of rotatable bonds is 5. The number of nitrogens with zero attached hydrogens (tertiary/aromatic N) is 2. The van der Waals surface area contributed by atoms with E-state index in [9.17, 15) is 12.8 Å². The van der Waals surface area contributed by atoms with Crippen molar-refractivity contribution >= 4 is 21.6 Å². The lowest BCUT2D eigenvalue weighted by Gasteiger charge is -2.43. The predicted molar refractivity (Wildman–Crippen MR) is 108 cm³/mol. The molecule has 2 aliphatic heterocycles. The van der Waals surface area contributed by atoms with E-state index in [0.29, 0.717) is 42.2 Å². The third kappa shape index (κ3) is 4.84. The molecule has 1 unspecified atom stereocenters. The van der Waals surface area contributed by atoms with Crippen LogP contribution in [0.4, 0.5) is 4.39 Å². The van der Waals surface area contributed by atoms with Crippen molar-refractivity contribution in [1.29, 1.82) is 0 Å². The van der Waals surface area contributed by atoms with Gasteiger partial charge in [-0.2, -0.15) is 0 Å². The summed E-state index contributed by atoms with van der Waals surface area (Å²) in [6.07, 6.45) is 5.20. The van der Waals surface area contributed by atoms with E-state index in [1.165, 1.54) is 12.5 Å². The van der Waals surface area contributed by atoms with Crippen molar-refractivity contribution in [3.63, 3.8) is 0 Å². The largest absolute Gasteiger partial charge is 0.296 e. The van der Waals surface area contributed by atoms with Gasteiger partial charge in [0.25, 0.3) is 0 Å². The van der Waals surface area contributed by atoms with E-state index in [-0.39, 0.29) is 11.1 Å². The van der Waals surface area contributed by atoms with Crippen molar-refractivity contribution in [2.45, 2.75) is 63.8 Å². The Hall–Kier alpha value is -0.690. The normalized spacial score (nSPS) is 23.8. The molecule has 0 amide bonds. The minimum Gasteiger partial charge on any atom is -0.296 e. The average Bonchev–Trinajstić information content (AvgIpc) is 2.64. The van der Waals surface area contributed by atoms with Crippen LogP contribution in [0.5, 0.6) is 0 Å². The second-order valence-electron chi connectivity index (χ2n) is 8.10. The number of halogens is 2. The molecule has 0 saturated carbocycles. The molecule has 0 radical (unpaired) electrons. The molecule has 2 aliphatic rings. The Balaban J connectivity index is 1.66. The summed E-state index contributed by atoms with van der Waals surface area (Å²) in [7, 11) is -3.17. The molecule has 2 saturated heterocycles. The summed E-state index contributed by atoms with van der Waals surface area (Å²) in [5.41, 5.74) is 0.686. The standard InChI is InChI=1S/C20H30ClFN2O2S/c1-15(2)27(25,26)24-11-8-16(9-12-24)20-5-3-4-10-23(20)14-17-6-7-18(21)13-19(17)22/h6-7,13,15-16,20H,3-5,8-12,14H2,1-2H3. The molecule has 0 bridgehead atoms. The van der Waals surface area contributed by atoms with Gasteiger partial charge >= 0.3 is 0 Å². The zero-order valence-electron chi connectivity index (χ0n) is 16.2. The molecule has 27 heavy (non-hydrogen) atoms. The average molecular weight is 417 g/mol. The molecule has 1 atom stereocenters. The summed E-state index contributed by atoms with van der Waals surface area (Å²) in [4.78, 5) is 2.40. The fraction of sp³-hybridized carbons (Fsp3) is 0.700. The number of sulfonamides is 1. The van der Waals surface area contributed by atoms with E-state index >= 15 is 0 Å². The molecule has 0 N–H and O–H groups in total. The van der Waals surface area contributed by atoms with Gasteiger partial charge in [-0.15, -0.1) is 0 Å². The Morgan fingerprint density at radius 2 is 1.85 bits per heavy atom. The van der Waals surface area contributed by atoms with E-state index < -0.39 is 10.0 Å². The maximum atomic E-state index is 14.2. The van der Waals surface area contributed by atoms with Gasteiger partial charge in [0.2, 0.25) is 10.0 Å². The summed E-state index contributed by atoms with van der Waals surface area (Å²) in [6, 6.07) is 5.30. The van der Waals surface area contributed by atoms with E-state index in [1.54, 1.807) is 30.3 Å². The number of benzene rings is 1. The smallest absolute Gasteiger partial charge is 0.216 e. The van der Waals surface area contributed by atoms with Crippen LogP contribution in [0.2, 0.25) is 5.02 Å². The van der Waals surface area contributed by atoms with Gasteiger partial charge < -0.3 is 0 Å². The van der Waals surface area contributed by atoms with E-state index in [2.05, 4.69) is 4.90 Å². The van der Waals surface area contributed by atoms with Crippen LogP contribution in [0.3, 0.4) is 0 Å². The highest BCUT2D eigenvalue weighted by atomic mass is 35.5. The number of hydrogen-bond acceptors (Lipinski definition) is 3. The molecule has 0 spiro atoms. The molecule has 3 rings (SSSR count). The minimum absolute atomic E-state index is 0.246. The van der Waals surface area contributed by atoms with Crippen LogP contribution in [-0.2, 0) is 16.6 Å². The molecule has 152 valence electrons. The summed E-state index contributed by atoms with van der Waals surface area (Å²) in [5, 5.41) is 0.0540. The molecule has 0 aliphatic carbocycles. The van der Waals surface area contributed by atoms with Crippen LogP contribution in [0, 0.1) is 11.7 Å². The van der Waals surface area contributed by atoms with Crippen LogP contribution in [0.1, 0.15) is 51.5 Å². The second-order valence-corrected chi connectivity index (χ2v) is 11.0. The van der Waals surface area contributed by atoms with Crippen molar-refractivity contribution in [3.8, 4) is 0 Å². The zero-order valence-corrected chi connectivity index (χ0v) is 17.8. The Morgan fingerprint density at radius 1 is 1.15 bits per heavy atom. The maximum Gasteiger partial charge on any atom is 0.216 e. The first kappa shape index (κ1) is 21.0. The van der Waals surface area contributed by atoms with Crippen LogP contribution < -0.4 is 0 Å². The summed E-state index contributed by atoms with van der Waals surface area (Å²) < 4.78 is 40.7. The molecule has 0 aromatic heterocycles. The minimum atomic E-state index is -3.17. The fourth-order valence-corrected chi connectivity index (χ4v) is 5.90. The van der Waals surface area contributed by atoms with Crippen molar-refractivity contribution in [2.75, 3.05) is 19.6 Å². The van der Waals surface area contributed by atoms with Gasteiger partial charge in [-0.05, 0) is 64.1 Å². The second kappa shape index (κ2) is 8.76. The molecule has 1 aromatic rings. The molecule has 2 heterocycles. The van der Waals surface area contributed by atoms with Crippen molar-refractivity contribution < 1.29 is 12.8 Å². The van der Waals surface area contributed by atoms with Crippen molar-refractivity contribution in [1.82, 2.24) is 9.21 Å². The van der Waals surface area contributed by atoms with Crippen molar-refractivity contribution in [3.05, 3.63) is 34.6 Å². The molecule has 1 aromatic carbocycles. The van der Waals surface area contributed by atoms with Gasteiger partial charge in [-0.25, -0.2) is 17.1 Å². The van der Waals surface area contributed by atoms with Crippen LogP contribution in [0.15, 0.2) is 18.2 Å². The van der Waals surface area contributed by atoms with Gasteiger partial charge in [0.15, 0.2) is 0 Å². The first-order valence-corrected chi connectivity index (χ1v) is 11.8. The lowest BCUT2D eigenvalue weighted by Crippen LogP contribution is -2.49. The Kier molecular flexibility index (Phi) is 6.83. The van der Waals surface area contributed by atoms with Gasteiger partial charge in [-0.1, -0.05) is 24.1 Å². The monoisotopic (exact) mass is 416 g/mol. The van der Waals surface area contributed by atoms with Gasteiger partial charge in [0.05, 0.1) is 5.25 Å². The Morgan fingerprint density at radius 3 is 2.48 bits per heavy atom. The molecular weight excluding hydrogens is 387 g/mol. The third-order valence-corrected chi connectivity index (χ3v) is 8.56. The molecule has 7 heteroatoms. The topological polar surface area (TPSA) is 40.6 Å². The lowest BCUT2D eigenvalue weighted by molar-refractivity contribution is 0.0674. The number of hydrogen-bond donors (Lipinski definition) is 0. The third-order valence-electron chi connectivity index (χ3n) is 6.05. The van der Waals surface area contributed by atoms with Crippen molar-refractivity contribution in [2.24, 2.45) is 5.92 Å². The van der Waals surface area contributed by atoms with E-state index in [0.717, 1.165) is 32.2 Å². The van der Waals surface area contributed by atoms with Gasteiger partial charge in [0, 0.05) is 36.3 Å². The fourth-order valence-electron chi connectivity index (χ4n) is 4.43. The summed E-state index contributed by atoms with van der Waals surface area (Å²) >= 11 is 5.88. The highest BCUT2D eigenvalue weighted by Gasteiger charge is 2.36. The Bertz CT molecular complexity index is 748. The van der Waals surface area contributed by atoms with Gasteiger partial charge in [-0.3, -0.25) is 4.90 Å². The predicted octanol–water partition coefficient (Wildman–Crippen LogP) is 4.28. The lowest BCUT2D eigenvalue weighted by atomic mass is 9.84. The van der Waals surface area contributed by atoms with Crippen LogP contribution in [0.25, 0.3) is 0 Å². The first-order valence-electron chi connectivity index (χ1n) is 9.96. The zero-order chi connectivity index (χ0) is 19.6. The molecule has 4 nitrogen and oxygen atoms in total. The van der Waals surface area contributed by atoms with E-state index in [1.807, 2.05) is 0 Å². The molecule has 2 fully saturated rings. The summed E-state index contributed by atoms with van der Waals surface area (Å²) in [5.74, 6) is 0.226.